The minimum atomic E-state index is -3.39. The smallest absolute Gasteiger partial charge is 0.215 e. The van der Waals surface area contributed by atoms with Gasteiger partial charge in [0.1, 0.15) is 0 Å². The molecule has 1 heterocycles. The molecule has 0 aromatic carbocycles. The lowest BCUT2D eigenvalue weighted by atomic mass is 10.4. The molecule has 0 atom stereocenters. The largest absolute Gasteiger partial charge is 0.395 e. The molecule has 1 saturated heterocycles. The van der Waals surface area contributed by atoms with Gasteiger partial charge in [-0.2, -0.15) is 4.31 Å². The maximum Gasteiger partial charge on any atom is 0.215 e. The molecule has 1 aliphatic rings. The molecule has 0 aromatic heterocycles. The number of hydrogen-bond donors (Lipinski definition) is 3. The van der Waals surface area contributed by atoms with Gasteiger partial charge in [-0.3, -0.25) is 4.90 Å². The molecule has 18 heavy (non-hydrogen) atoms. The Balaban J connectivity index is 2.45. The summed E-state index contributed by atoms with van der Waals surface area (Å²) in [5.74, 6) is 0.0347. The van der Waals surface area contributed by atoms with Gasteiger partial charge in [-0.1, -0.05) is 0 Å². The monoisotopic (exact) mass is 281 g/mol. The van der Waals surface area contributed by atoms with Crippen LogP contribution in [0.4, 0.5) is 0 Å². The van der Waals surface area contributed by atoms with Crippen LogP contribution in [-0.2, 0) is 10.0 Å². The van der Waals surface area contributed by atoms with E-state index in [0.29, 0.717) is 6.54 Å². The standard InChI is InChI=1S/C10H23N3O4S/c14-8-5-13(6-9-15)18(16,17)10-7-12-3-1-11-2-4-12/h11,14-15H,1-10H2. The second-order valence-corrected chi connectivity index (χ2v) is 6.34. The maximum atomic E-state index is 12.0. The second kappa shape index (κ2) is 8.03. The third-order valence-electron chi connectivity index (χ3n) is 2.97. The maximum absolute atomic E-state index is 12.0. The number of aliphatic hydroxyl groups is 2. The molecule has 0 radical (unpaired) electrons. The zero-order valence-corrected chi connectivity index (χ0v) is 11.4. The molecule has 3 N–H and O–H groups in total. The van der Waals surface area contributed by atoms with E-state index in [1.54, 1.807) is 0 Å². The second-order valence-electron chi connectivity index (χ2n) is 4.25. The molecule has 108 valence electrons. The normalized spacial score (nSPS) is 18.4. The Labute approximate surface area is 108 Å². The average molecular weight is 281 g/mol. The number of aliphatic hydroxyl groups excluding tert-OH is 2. The summed E-state index contributed by atoms with van der Waals surface area (Å²) in [6, 6.07) is 0. The van der Waals surface area contributed by atoms with Crippen LogP contribution in [0.25, 0.3) is 0 Å². The molecule has 8 heteroatoms. The van der Waals surface area contributed by atoms with Gasteiger partial charge in [0, 0.05) is 45.8 Å². The highest BCUT2D eigenvalue weighted by Gasteiger charge is 2.22. The summed E-state index contributed by atoms with van der Waals surface area (Å²) in [5, 5.41) is 20.9. The first-order valence-corrected chi connectivity index (χ1v) is 7.83. The molecule has 0 aromatic rings. The van der Waals surface area contributed by atoms with Crippen LogP contribution in [0.2, 0.25) is 0 Å². The first kappa shape index (κ1) is 15.8. The first-order chi connectivity index (χ1) is 8.60. The molecule has 0 amide bonds. The molecule has 0 aliphatic carbocycles. The Morgan fingerprint density at radius 3 is 2.17 bits per heavy atom. The van der Waals surface area contributed by atoms with E-state index in [-0.39, 0.29) is 32.1 Å². The molecule has 0 spiro atoms. The lowest BCUT2D eigenvalue weighted by Crippen LogP contribution is -2.46. The van der Waals surface area contributed by atoms with Crippen LogP contribution < -0.4 is 5.32 Å². The molecule has 1 rings (SSSR count). The van der Waals surface area contributed by atoms with Crippen LogP contribution in [0, 0.1) is 0 Å². The summed E-state index contributed by atoms with van der Waals surface area (Å²) in [6.45, 7) is 3.62. The zero-order valence-electron chi connectivity index (χ0n) is 10.6. The van der Waals surface area contributed by atoms with Crippen LogP contribution in [0.3, 0.4) is 0 Å². The third-order valence-corrected chi connectivity index (χ3v) is 4.82. The highest BCUT2D eigenvalue weighted by Crippen LogP contribution is 2.02. The van der Waals surface area contributed by atoms with Gasteiger partial charge in [0.05, 0.1) is 19.0 Å². The van der Waals surface area contributed by atoms with Crippen LogP contribution >= 0.6 is 0 Å². The fraction of sp³-hybridized carbons (Fsp3) is 1.00. The highest BCUT2D eigenvalue weighted by atomic mass is 32.2. The Morgan fingerprint density at radius 1 is 1.11 bits per heavy atom. The van der Waals surface area contributed by atoms with E-state index in [4.69, 9.17) is 10.2 Å². The van der Waals surface area contributed by atoms with Gasteiger partial charge in [-0.15, -0.1) is 0 Å². The molecule has 7 nitrogen and oxygen atoms in total. The lowest BCUT2D eigenvalue weighted by Gasteiger charge is -2.28. The van der Waals surface area contributed by atoms with Gasteiger partial charge in [-0.25, -0.2) is 8.42 Å². The zero-order chi connectivity index (χ0) is 13.4. The number of piperazine rings is 1. The van der Waals surface area contributed by atoms with Crippen molar-refractivity contribution in [3.8, 4) is 0 Å². The van der Waals surface area contributed by atoms with Crippen molar-refractivity contribution >= 4 is 10.0 Å². The van der Waals surface area contributed by atoms with Gasteiger partial charge in [0.25, 0.3) is 0 Å². The Kier molecular flexibility index (Phi) is 7.05. The van der Waals surface area contributed by atoms with Gasteiger partial charge in [0.2, 0.25) is 10.0 Å². The number of rotatable bonds is 8. The van der Waals surface area contributed by atoms with Gasteiger partial charge in [0.15, 0.2) is 0 Å². The third kappa shape index (κ3) is 5.17. The highest BCUT2D eigenvalue weighted by molar-refractivity contribution is 7.89. The molecule has 0 unspecified atom stereocenters. The van der Waals surface area contributed by atoms with E-state index in [0.717, 1.165) is 30.5 Å². The Hall–Kier alpha value is -0.250. The van der Waals surface area contributed by atoms with Crippen molar-refractivity contribution in [1.29, 1.82) is 0 Å². The fourth-order valence-electron chi connectivity index (χ4n) is 1.92. The fourth-order valence-corrected chi connectivity index (χ4v) is 3.39. The van der Waals surface area contributed by atoms with Crippen molar-refractivity contribution in [1.82, 2.24) is 14.5 Å². The minimum Gasteiger partial charge on any atom is -0.395 e. The summed E-state index contributed by atoms with van der Waals surface area (Å²) in [4.78, 5) is 2.10. The van der Waals surface area contributed by atoms with E-state index in [9.17, 15) is 8.42 Å². The van der Waals surface area contributed by atoms with Gasteiger partial charge < -0.3 is 15.5 Å². The van der Waals surface area contributed by atoms with E-state index >= 15 is 0 Å². The topological polar surface area (TPSA) is 93.1 Å². The van der Waals surface area contributed by atoms with Crippen molar-refractivity contribution < 1.29 is 18.6 Å². The Morgan fingerprint density at radius 2 is 1.67 bits per heavy atom. The summed E-state index contributed by atoms with van der Waals surface area (Å²) >= 11 is 0. The van der Waals surface area contributed by atoms with E-state index in [2.05, 4.69) is 10.2 Å². The molecular formula is C10H23N3O4S. The van der Waals surface area contributed by atoms with Crippen molar-refractivity contribution in [3.63, 3.8) is 0 Å². The predicted octanol–water partition coefficient (Wildman–Crippen LogP) is -2.49. The van der Waals surface area contributed by atoms with E-state index in [1.165, 1.54) is 0 Å². The summed E-state index contributed by atoms with van der Waals surface area (Å²) in [5.41, 5.74) is 0. The Bertz CT molecular complexity index is 311. The lowest BCUT2D eigenvalue weighted by molar-refractivity contribution is 0.215. The molecule has 1 aliphatic heterocycles. The number of nitrogens with one attached hydrogen (secondary N) is 1. The van der Waals surface area contributed by atoms with E-state index in [1.807, 2.05) is 0 Å². The van der Waals surface area contributed by atoms with Crippen molar-refractivity contribution in [2.24, 2.45) is 0 Å². The first-order valence-electron chi connectivity index (χ1n) is 6.23. The van der Waals surface area contributed by atoms with Crippen molar-refractivity contribution in [2.75, 3.05) is 64.8 Å². The van der Waals surface area contributed by atoms with Crippen molar-refractivity contribution in [2.45, 2.75) is 0 Å². The quantitative estimate of drug-likeness (QED) is 0.456. The van der Waals surface area contributed by atoms with Crippen LogP contribution in [-0.4, -0.2) is 92.6 Å². The van der Waals surface area contributed by atoms with Gasteiger partial charge >= 0.3 is 0 Å². The van der Waals surface area contributed by atoms with E-state index < -0.39 is 10.0 Å². The molecule has 0 saturated carbocycles. The predicted molar refractivity (Wildman–Crippen MR) is 68.8 cm³/mol. The van der Waals surface area contributed by atoms with Crippen LogP contribution in [0.15, 0.2) is 0 Å². The molecule has 1 fully saturated rings. The SMILES string of the molecule is O=S(=O)(CCN1CCNCC1)N(CCO)CCO. The average Bonchev–Trinajstić information content (AvgIpc) is 2.37. The van der Waals surface area contributed by atoms with Crippen LogP contribution in [0.1, 0.15) is 0 Å². The van der Waals surface area contributed by atoms with Crippen molar-refractivity contribution in [3.05, 3.63) is 0 Å². The molecular weight excluding hydrogens is 258 g/mol. The summed E-state index contributed by atoms with van der Waals surface area (Å²) in [7, 11) is -3.39. The van der Waals surface area contributed by atoms with Crippen LogP contribution in [0.5, 0.6) is 0 Å². The molecule has 0 bridgehead atoms. The minimum absolute atomic E-state index is 0.0347. The number of nitrogens with zero attached hydrogens (tertiary/aromatic N) is 2. The van der Waals surface area contributed by atoms with Gasteiger partial charge in [-0.05, 0) is 0 Å². The summed E-state index contributed by atoms with van der Waals surface area (Å²) in [6.07, 6.45) is 0. The number of hydrogen-bond acceptors (Lipinski definition) is 6. The number of sulfonamides is 1. The summed E-state index contributed by atoms with van der Waals surface area (Å²) < 4.78 is 25.2.